The molecule has 0 aliphatic rings. The standard InChI is InChI=1S/C14H20N6O2/c1-9-11(8-17-22-9)14(21)16-6-5-15-12-7-13(20(3)4)19-10(2)18-12/h7-8H,5-6H2,1-4H3,(H,16,21)(H,15,18,19). The number of aromatic nitrogens is 3. The number of anilines is 2. The van der Waals surface area contributed by atoms with Crippen LogP contribution >= 0.6 is 0 Å². The van der Waals surface area contributed by atoms with Gasteiger partial charge in [0, 0.05) is 33.3 Å². The fraction of sp³-hybridized carbons (Fsp3) is 0.429. The van der Waals surface area contributed by atoms with Crippen molar-refractivity contribution in [1.29, 1.82) is 0 Å². The Bertz CT molecular complexity index is 653. The number of carbonyl (C=O) groups excluding carboxylic acids is 1. The predicted octanol–water partition coefficient (Wildman–Crippen LogP) is 0.989. The van der Waals surface area contributed by atoms with E-state index in [1.54, 1.807) is 6.92 Å². The molecule has 0 saturated heterocycles. The second-order valence-electron chi connectivity index (χ2n) is 5.03. The van der Waals surface area contributed by atoms with E-state index in [9.17, 15) is 4.79 Å². The number of rotatable bonds is 6. The lowest BCUT2D eigenvalue weighted by Crippen LogP contribution is -2.29. The summed E-state index contributed by atoms with van der Waals surface area (Å²) in [5.41, 5.74) is 0.452. The first-order valence-corrected chi connectivity index (χ1v) is 6.93. The number of amides is 1. The van der Waals surface area contributed by atoms with E-state index in [2.05, 4.69) is 25.8 Å². The lowest BCUT2D eigenvalue weighted by Gasteiger charge is -2.14. The van der Waals surface area contributed by atoms with Gasteiger partial charge in [0.15, 0.2) is 0 Å². The fourth-order valence-electron chi connectivity index (χ4n) is 1.85. The van der Waals surface area contributed by atoms with Crippen LogP contribution in [0, 0.1) is 13.8 Å². The maximum Gasteiger partial charge on any atom is 0.256 e. The van der Waals surface area contributed by atoms with Gasteiger partial charge in [-0.3, -0.25) is 4.79 Å². The molecule has 0 saturated carbocycles. The molecule has 8 nitrogen and oxygen atoms in total. The predicted molar refractivity (Wildman–Crippen MR) is 83.2 cm³/mol. The van der Waals surface area contributed by atoms with Crippen molar-refractivity contribution in [2.75, 3.05) is 37.4 Å². The molecule has 1 amide bonds. The highest BCUT2D eigenvalue weighted by Gasteiger charge is 2.11. The topological polar surface area (TPSA) is 96.2 Å². The van der Waals surface area contributed by atoms with E-state index in [0.29, 0.717) is 30.2 Å². The van der Waals surface area contributed by atoms with E-state index < -0.39 is 0 Å². The molecule has 0 bridgehead atoms. The van der Waals surface area contributed by atoms with Gasteiger partial charge in [-0.05, 0) is 13.8 Å². The molecular formula is C14H20N6O2. The third-order valence-corrected chi connectivity index (χ3v) is 2.99. The maximum atomic E-state index is 11.9. The quantitative estimate of drug-likeness (QED) is 0.768. The number of nitrogens with zero attached hydrogens (tertiary/aromatic N) is 4. The molecule has 0 unspecified atom stereocenters. The Morgan fingerprint density at radius 2 is 2.05 bits per heavy atom. The van der Waals surface area contributed by atoms with Crippen LogP contribution in [0.2, 0.25) is 0 Å². The first kappa shape index (κ1) is 15.7. The van der Waals surface area contributed by atoms with E-state index in [1.165, 1.54) is 6.20 Å². The molecule has 0 aliphatic heterocycles. The number of hydrogen-bond acceptors (Lipinski definition) is 7. The highest BCUT2D eigenvalue weighted by molar-refractivity contribution is 5.94. The smallest absolute Gasteiger partial charge is 0.256 e. The van der Waals surface area contributed by atoms with E-state index in [4.69, 9.17) is 4.52 Å². The number of hydrogen-bond donors (Lipinski definition) is 2. The molecule has 118 valence electrons. The minimum absolute atomic E-state index is 0.201. The Hall–Kier alpha value is -2.64. The molecule has 2 rings (SSSR count). The number of nitrogens with one attached hydrogen (secondary N) is 2. The van der Waals surface area contributed by atoms with Gasteiger partial charge in [-0.15, -0.1) is 0 Å². The Labute approximate surface area is 128 Å². The van der Waals surface area contributed by atoms with Crippen LogP contribution in [0.4, 0.5) is 11.6 Å². The first-order valence-electron chi connectivity index (χ1n) is 6.93. The third kappa shape index (κ3) is 3.94. The zero-order chi connectivity index (χ0) is 16.1. The van der Waals surface area contributed by atoms with Crippen LogP contribution < -0.4 is 15.5 Å². The average Bonchev–Trinajstić information content (AvgIpc) is 2.89. The Morgan fingerprint density at radius 1 is 1.27 bits per heavy atom. The van der Waals surface area contributed by atoms with Crippen LogP contribution in [0.15, 0.2) is 16.8 Å². The van der Waals surface area contributed by atoms with Gasteiger partial charge in [-0.25, -0.2) is 9.97 Å². The van der Waals surface area contributed by atoms with Crippen LogP contribution in [0.1, 0.15) is 21.9 Å². The molecule has 0 atom stereocenters. The molecule has 0 aromatic carbocycles. The van der Waals surface area contributed by atoms with Gasteiger partial charge in [0.2, 0.25) is 0 Å². The minimum Gasteiger partial charge on any atom is -0.368 e. The van der Waals surface area contributed by atoms with E-state index in [-0.39, 0.29) is 5.91 Å². The summed E-state index contributed by atoms with van der Waals surface area (Å²) in [7, 11) is 3.85. The molecular weight excluding hydrogens is 284 g/mol. The van der Waals surface area contributed by atoms with Gasteiger partial charge >= 0.3 is 0 Å². The van der Waals surface area contributed by atoms with E-state index in [0.717, 1.165) is 11.6 Å². The molecule has 0 spiro atoms. The summed E-state index contributed by atoms with van der Waals surface area (Å²) in [6, 6.07) is 1.86. The Morgan fingerprint density at radius 3 is 2.68 bits per heavy atom. The molecule has 0 fully saturated rings. The first-order chi connectivity index (χ1) is 10.5. The SMILES string of the molecule is Cc1nc(NCCNC(=O)c2cnoc2C)cc(N(C)C)n1. The largest absolute Gasteiger partial charge is 0.368 e. The number of carbonyl (C=O) groups is 1. The van der Waals surface area contributed by atoms with Crippen LogP contribution in [0.25, 0.3) is 0 Å². The molecule has 0 aliphatic carbocycles. The Kier molecular flexibility index (Phi) is 4.92. The monoisotopic (exact) mass is 304 g/mol. The molecule has 2 heterocycles. The van der Waals surface area contributed by atoms with Gasteiger partial charge in [-0.1, -0.05) is 5.16 Å². The van der Waals surface area contributed by atoms with Gasteiger partial charge in [-0.2, -0.15) is 0 Å². The minimum atomic E-state index is -0.201. The molecule has 8 heteroatoms. The van der Waals surface area contributed by atoms with Crippen LogP contribution in [0.5, 0.6) is 0 Å². The van der Waals surface area contributed by atoms with Crippen molar-refractivity contribution in [2.24, 2.45) is 0 Å². The summed E-state index contributed by atoms with van der Waals surface area (Å²) in [6.45, 7) is 4.56. The van der Waals surface area contributed by atoms with Crippen molar-refractivity contribution < 1.29 is 9.32 Å². The highest BCUT2D eigenvalue weighted by atomic mass is 16.5. The summed E-state index contributed by atoms with van der Waals surface area (Å²) >= 11 is 0. The molecule has 2 N–H and O–H groups in total. The fourth-order valence-corrected chi connectivity index (χ4v) is 1.85. The van der Waals surface area contributed by atoms with Gasteiger partial charge < -0.3 is 20.1 Å². The summed E-state index contributed by atoms with van der Waals surface area (Å²) < 4.78 is 4.86. The number of aryl methyl sites for hydroxylation is 2. The van der Waals surface area contributed by atoms with Crippen molar-refractivity contribution in [3.63, 3.8) is 0 Å². The molecule has 22 heavy (non-hydrogen) atoms. The molecule has 0 radical (unpaired) electrons. The lowest BCUT2D eigenvalue weighted by atomic mass is 10.2. The summed E-state index contributed by atoms with van der Waals surface area (Å²) in [5.74, 6) is 2.56. The second-order valence-corrected chi connectivity index (χ2v) is 5.03. The van der Waals surface area contributed by atoms with Crippen molar-refractivity contribution in [1.82, 2.24) is 20.4 Å². The van der Waals surface area contributed by atoms with Crippen molar-refractivity contribution in [3.8, 4) is 0 Å². The normalized spacial score (nSPS) is 10.4. The van der Waals surface area contributed by atoms with Crippen molar-refractivity contribution >= 4 is 17.5 Å². The van der Waals surface area contributed by atoms with Crippen molar-refractivity contribution in [2.45, 2.75) is 13.8 Å². The second kappa shape index (κ2) is 6.88. The van der Waals surface area contributed by atoms with Crippen LogP contribution in [-0.4, -0.2) is 48.2 Å². The van der Waals surface area contributed by atoms with Crippen molar-refractivity contribution in [3.05, 3.63) is 29.4 Å². The lowest BCUT2D eigenvalue weighted by molar-refractivity contribution is 0.0953. The summed E-state index contributed by atoms with van der Waals surface area (Å²) in [5, 5.41) is 9.54. The molecule has 2 aromatic rings. The zero-order valence-corrected chi connectivity index (χ0v) is 13.2. The maximum absolute atomic E-state index is 11.9. The third-order valence-electron chi connectivity index (χ3n) is 2.99. The van der Waals surface area contributed by atoms with Gasteiger partial charge in [0.1, 0.15) is 28.8 Å². The van der Waals surface area contributed by atoms with Crippen LogP contribution in [-0.2, 0) is 0 Å². The van der Waals surface area contributed by atoms with E-state index >= 15 is 0 Å². The van der Waals surface area contributed by atoms with Gasteiger partial charge in [0.25, 0.3) is 5.91 Å². The van der Waals surface area contributed by atoms with Gasteiger partial charge in [0.05, 0.1) is 6.20 Å². The zero-order valence-electron chi connectivity index (χ0n) is 13.2. The summed E-state index contributed by atoms with van der Waals surface area (Å²) in [6.07, 6.45) is 1.41. The van der Waals surface area contributed by atoms with E-state index in [1.807, 2.05) is 32.0 Å². The van der Waals surface area contributed by atoms with Crippen LogP contribution in [0.3, 0.4) is 0 Å². The highest BCUT2D eigenvalue weighted by Crippen LogP contribution is 2.12. The Balaban J connectivity index is 1.84. The summed E-state index contributed by atoms with van der Waals surface area (Å²) in [4.78, 5) is 22.4. The average molecular weight is 304 g/mol. The molecule has 2 aromatic heterocycles.